The average Bonchev–Trinajstić information content (AvgIpc) is 3.34. The number of thiophene rings is 1. The molecule has 1 aliphatic heterocycles. The van der Waals surface area contributed by atoms with Gasteiger partial charge in [0.05, 0.1) is 22.8 Å². The minimum absolute atomic E-state index is 0.192. The lowest BCUT2D eigenvalue weighted by atomic mass is 10.2. The average molecular weight is 430 g/mol. The lowest BCUT2D eigenvalue weighted by Gasteiger charge is -2.24. The predicted molar refractivity (Wildman–Crippen MR) is 99.4 cm³/mol. The molecule has 4 rings (SSSR count). The van der Waals surface area contributed by atoms with Crippen molar-refractivity contribution in [2.24, 2.45) is 0 Å². The van der Waals surface area contributed by atoms with Crippen LogP contribution in [0.5, 0.6) is 0 Å². The molecule has 0 radical (unpaired) electrons. The number of sulfonamides is 1. The minimum atomic E-state index is -3.59. The predicted octanol–water partition coefficient (Wildman–Crippen LogP) is 3.45. The van der Waals surface area contributed by atoms with Gasteiger partial charge in [0.2, 0.25) is 0 Å². The Hall–Kier alpha value is -1.72. The van der Waals surface area contributed by atoms with Gasteiger partial charge in [-0.1, -0.05) is 11.6 Å². The molecule has 0 unspecified atom stereocenters. The summed E-state index contributed by atoms with van der Waals surface area (Å²) in [6.45, 7) is 0.557. The molecule has 3 aromatic heterocycles. The number of rotatable bonds is 4. The first-order chi connectivity index (χ1) is 12.4. The molecule has 0 atom stereocenters. The van der Waals surface area contributed by atoms with Gasteiger partial charge in [-0.05, 0) is 24.3 Å². The number of carbonyl (C=O) groups is 1. The molecule has 1 N–H and O–H groups in total. The zero-order valence-electron chi connectivity index (χ0n) is 13.1. The number of hydrogen-bond acceptors (Lipinski definition) is 7. The van der Waals surface area contributed by atoms with E-state index >= 15 is 0 Å². The smallest absolute Gasteiger partial charge is 0.293 e. The number of halogens is 1. The fourth-order valence-electron chi connectivity index (χ4n) is 2.56. The summed E-state index contributed by atoms with van der Waals surface area (Å²) in [6, 6.07) is 6.27. The molecule has 3 aromatic rings. The molecule has 26 heavy (non-hydrogen) atoms. The molecule has 0 spiro atoms. The fraction of sp³-hybridized carbons (Fsp3) is 0.200. The van der Waals surface area contributed by atoms with Crippen molar-refractivity contribution in [3.8, 4) is 0 Å². The maximum absolute atomic E-state index is 12.7. The minimum Gasteiger partial charge on any atom is -0.459 e. The maximum atomic E-state index is 12.7. The summed E-state index contributed by atoms with van der Waals surface area (Å²) in [5, 5.41) is 3.11. The van der Waals surface area contributed by atoms with Crippen LogP contribution in [0.4, 0.5) is 5.13 Å². The van der Waals surface area contributed by atoms with Gasteiger partial charge in [-0.2, -0.15) is 4.31 Å². The number of nitrogens with zero attached hydrogens (tertiary/aromatic N) is 2. The monoisotopic (exact) mass is 429 g/mol. The Morgan fingerprint density at radius 2 is 2.15 bits per heavy atom. The van der Waals surface area contributed by atoms with Crippen LogP contribution in [-0.4, -0.2) is 30.2 Å². The van der Waals surface area contributed by atoms with Crippen molar-refractivity contribution in [1.29, 1.82) is 0 Å². The number of anilines is 1. The number of fused-ring (bicyclic) bond motifs is 1. The van der Waals surface area contributed by atoms with Gasteiger partial charge in [-0.15, -0.1) is 22.7 Å². The molecule has 11 heteroatoms. The Morgan fingerprint density at radius 3 is 2.85 bits per heavy atom. The van der Waals surface area contributed by atoms with Crippen molar-refractivity contribution in [2.75, 3.05) is 11.9 Å². The first kappa shape index (κ1) is 17.7. The van der Waals surface area contributed by atoms with E-state index in [4.69, 9.17) is 16.0 Å². The second-order valence-corrected chi connectivity index (χ2v) is 10.4. The summed E-state index contributed by atoms with van der Waals surface area (Å²) < 4.78 is 32.6. The maximum Gasteiger partial charge on any atom is 0.293 e. The van der Waals surface area contributed by atoms with Crippen LogP contribution in [0.2, 0.25) is 4.34 Å². The lowest BCUT2D eigenvalue weighted by Crippen LogP contribution is -2.35. The first-order valence-corrected chi connectivity index (χ1v) is 11.0. The molecule has 0 aliphatic carbocycles. The van der Waals surface area contributed by atoms with Crippen LogP contribution in [0, 0.1) is 0 Å². The molecule has 0 saturated heterocycles. The molecular weight excluding hydrogens is 418 g/mol. The van der Waals surface area contributed by atoms with E-state index in [9.17, 15) is 13.2 Å². The topological polar surface area (TPSA) is 92.5 Å². The summed E-state index contributed by atoms with van der Waals surface area (Å²) in [6.07, 6.45) is 1.90. The molecule has 0 aromatic carbocycles. The highest BCUT2D eigenvalue weighted by atomic mass is 35.5. The number of furan rings is 1. The Labute approximate surface area is 162 Å². The number of carbonyl (C=O) groups excluding carboxylic acids is 1. The Bertz CT molecular complexity index is 1060. The molecule has 0 bridgehead atoms. The number of nitrogens with one attached hydrogen (secondary N) is 1. The highest BCUT2D eigenvalue weighted by Crippen LogP contribution is 2.34. The SMILES string of the molecule is O=C(Nc1nc2c(s1)CN(S(=O)(=O)c1ccc(Cl)s1)CC2)c1ccco1. The van der Waals surface area contributed by atoms with E-state index < -0.39 is 10.0 Å². The Kier molecular flexibility index (Phi) is 4.61. The molecule has 0 fully saturated rings. The third kappa shape index (κ3) is 3.30. The van der Waals surface area contributed by atoms with E-state index in [-0.39, 0.29) is 22.4 Å². The molecule has 1 amide bonds. The quantitative estimate of drug-likeness (QED) is 0.685. The van der Waals surface area contributed by atoms with Crippen LogP contribution in [0.1, 0.15) is 21.1 Å². The van der Waals surface area contributed by atoms with Crippen molar-refractivity contribution in [3.05, 3.63) is 51.2 Å². The van der Waals surface area contributed by atoms with Gasteiger partial charge >= 0.3 is 0 Å². The van der Waals surface area contributed by atoms with Crippen LogP contribution in [0.25, 0.3) is 0 Å². The lowest BCUT2D eigenvalue weighted by molar-refractivity contribution is 0.0996. The van der Waals surface area contributed by atoms with E-state index in [1.807, 2.05) is 0 Å². The van der Waals surface area contributed by atoms with E-state index in [0.717, 1.165) is 21.9 Å². The zero-order valence-corrected chi connectivity index (χ0v) is 16.3. The van der Waals surface area contributed by atoms with Gasteiger partial charge in [0.15, 0.2) is 10.9 Å². The summed E-state index contributed by atoms with van der Waals surface area (Å²) in [4.78, 5) is 17.3. The second kappa shape index (κ2) is 6.78. The van der Waals surface area contributed by atoms with Gasteiger partial charge in [0, 0.05) is 17.8 Å². The van der Waals surface area contributed by atoms with Crippen molar-refractivity contribution in [3.63, 3.8) is 0 Å². The third-order valence-electron chi connectivity index (χ3n) is 3.80. The molecule has 1 aliphatic rings. The highest BCUT2D eigenvalue weighted by molar-refractivity contribution is 7.91. The first-order valence-electron chi connectivity index (χ1n) is 7.52. The third-order valence-corrected chi connectivity index (χ3v) is 8.35. The van der Waals surface area contributed by atoms with E-state index in [1.54, 1.807) is 18.2 Å². The van der Waals surface area contributed by atoms with Gasteiger partial charge < -0.3 is 4.42 Å². The molecule has 0 saturated carbocycles. The summed E-state index contributed by atoms with van der Waals surface area (Å²) in [7, 11) is -3.59. The van der Waals surface area contributed by atoms with Gasteiger partial charge in [-0.3, -0.25) is 10.1 Å². The zero-order chi connectivity index (χ0) is 18.3. The number of aromatic nitrogens is 1. The van der Waals surface area contributed by atoms with E-state index in [2.05, 4.69) is 10.3 Å². The molecular formula is C15H12ClN3O4S3. The van der Waals surface area contributed by atoms with Crippen LogP contribution in [0.3, 0.4) is 0 Å². The standard InChI is InChI=1S/C15H12ClN3O4S3/c16-12-3-4-13(25-12)26(21,22)19-6-5-9-11(8-19)24-15(17-9)18-14(20)10-2-1-7-23-10/h1-4,7H,5-6,8H2,(H,17,18,20). The number of hydrogen-bond donors (Lipinski definition) is 1. The van der Waals surface area contributed by atoms with Crippen molar-refractivity contribution < 1.29 is 17.6 Å². The molecule has 7 nitrogen and oxygen atoms in total. The Morgan fingerprint density at radius 1 is 1.31 bits per heavy atom. The normalized spacial score (nSPS) is 15.0. The summed E-state index contributed by atoms with van der Waals surface area (Å²) >= 11 is 8.17. The summed E-state index contributed by atoms with van der Waals surface area (Å²) in [5.74, 6) is -0.198. The van der Waals surface area contributed by atoms with Crippen LogP contribution < -0.4 is 5.32 Å². The van der Waals surface area contributed by atoms with Crippen LogP contribution >= 0.6 is 34.3 Å². The second-order valence-electron chi connectivity index (χ2n) is 5.47. The van der Waals surface area contributed by atoms with E-state index in [0.29, 0.717) is 22.4 Å². The number of amides is 1. The Balaban J connectivity index is 1.52. The molecule has 4 heterocycles. The van der Waals surface area contributed by atoms with Crippen LogP contribution in [-0.2, 0) is 23.0 Å². The largest absolute Gasteiger partial charge is 0.459 e. The van der Waals surface area contributed by atoms with Crippen LogP contribution in [0.15, 0.2) is 39.2 Å². The molecule has 136 valence electrons. The summed E-state index contributed by atoms with van der Waals surface area (Å²) in [5.41, 5.74) is 0.806. The van der Waals surface area contributed by atoms with Gasteiger partial charge in [-0.25, -0.2) is 13.4 Å². The van der Waals surface area contributed by atoms with E-state index in [1.165, 1.54) is 28.0 Å². The van der Waals surface area contributed by atoms with Crippen molar-refractivity contribution in [1.82, 2.24) is 9.29 Å². The van der Waals surface area contributed by atoms with Crippen molar-refractivity contribution in [2.45, 2.75) is 17.2 Å². The van der Waals surface area contributed by atoms with Gasteiger partial charge in [0.25, 0.3) is 15.9 Å². The van der Waals surface area contributed by atoms with Crippen molar-refractivity contribution >= 4 is 55.3 Å². The van der Waals surface area contributed by atoms with Gasteiger partial charge in [0.1, 0.15) is 4.21 Å². The fourth-order valence-corrected chi connectivity index (χ4v) is 6.71. The highest BCUT2D eigenvalue weighted by Gasteiger charge is 2.31. The number of thiazole rings is 1.